The summed E-state index contributed by atoms with van der Waals surface area (Å²) < 4.78 is 5.86. The molecular formula is C11H9IO2. The number of halogens is 1. The van der Waals surface area contributed by atoms with Crippen molar-refractivity contribution in [3.8, 4) is 0 Å². The summed E-state index contributed by atoms with van der Waals surface area (Å²) in [7, 11) is 0. The summed E-state index contributed by atoms with van der Waals surface area (Å²) in [6, 6.07) is 5.90. The molecule has 0 unspecified atom stereocenters. The molecule has 0 radical (unpaired) electrons. The van der Waals surface area contributed by atoms with Gasteiger partial charge in [0.05, 0.1) is 0 Å². The largest absolute Gasteiger partial charge is 0.422 e. The normalized spacial score (nSPS) is 10.8. The molecule has 0 aliphatic rings. The standard InChI is InChI=1S/C11H9IO2/c1-6-3-4-8-7(2)10(12)11(13)14-9(8)5-6/h3-5H,1-2H3. The van der Waals surface area contributed by atoms with E-state index in [9.17, 15) is 4.79 Å². The maximum Gasteiger partial charge on any atom is 0.350 e. The van der Waals surface area contributed by atoms with Gasteiger partial charge in [0.25, 0.3) is 0 Å². The Morgan fingerprint density at radius 1 is 1.29 bits per heavy atom. The van der Waals surface area contributed by atoms with Gasteiger partial charge in [0.1, 0.15) is 9.15 Å². The highest BCUT2D eigenvalue weighted by molar-refractivity contribution is 14.1. The van der Waals surface area contributed by atoms with E-state index in [4.69, 9.17) is 4.42 Å². The van der Waals surface area contributed by atoms with Crippen LogP contribution in [0.3, 0.4) is 0 Å². The number of hydrogen-bond acceptors (Lipinski definition) is 2. The number of hydrogen-bond donors (Lipinski definition) is 0. The predicted octanol–water partition coefficient (Wildman–Crippen LogP) is 3.01. The van der Waals surface area contributed by atoms with Gasteiger partial charge in [0.2, 0.25) is 0 Å². The van der Waals surface area contributed by atoms with Gasteiger partial charge in [-0.3, -0.25) is 0 Å². The Morgan fingerprint density at radius 2 is 2.00 bits per heavy atom. The van der Waals surface area contributed by atoms with E-state index in [1.165, 1.54) is 0 Å². The van der Waals surface area contributed by atoms with Gasteiger partial charge >= 0.3 is 5.63 Å². The van der Waals surface area contributed by atoms with E-state index in [1.54, 1.807) is 0 Å². The van der Waals surface area contributed by atoms with Crippen LogP contribution in [0.4, 0.5) is 0 Å². The van der Waals surface area contributed by atoms with Crippen LogP contribution < -0.4 is 5.63 Å². The molecule has 0 aliphatic carbocycles. The van der Waals surface area contributed by atoms with Crippen molar-refractivity contribution in [2.24, 2.45) is 0 Å². The highest BCUT2D eigenvalue weighted by Crippen LogP contribution is 2.20. The van der Waals surface area contributed by atoms with E-state index < -0.39 is 0 Å². The number of aryl methyl sites for hydroxylation is 2. The van der Waals surface area contributed by atoms with Crippen molar-refractivity contribution in [1.29, 1.82) is 0 Å². The Morgan fingerprint density at radius 3 is 2.71 bits per heavy atom. The van der Waals surface area contributed by atoms with Gasteiger partial charge in [-0.25, -0.2) is 4.79 Å². The fraction of sp³-hybridized carbons (Fsp3) is 0.182. The molecule has 0 N–H and O–H groups in total. The molecule has 1 aromatic heterocycles. The SMILES string of the molecule is Cc1ccc2c(C)c(I)c(=O)oc2c1. The Labute approximate surface area is 95.1 Å². The van der Waals surface area contributed by atoms with E-state index in [-0.39, 0.29) is 5.63 Å². The third kappa shape index (κ3) is 1.45. The zero-order chi connectivity index (χ0) is 10.3. The molecule has 0 bridgehead atoms. The van der Waals surface area contributed by atoms with Gasteiger partial charge < -0.3 is 4.42 Å². The number of benzene rings is 1. The fourth-order valence-corrected chi connectivity index (χ4v) is 1.84. The second-order valence-corrected chi connectivity index (χ2v) is 4.41. The third-order valence-corrected chi connectivity index (χ3v) is 3.50. The van der Waals surface area contributed by atoms with Crippen molar-refractivity contribution in [2.45, 2.75) is 13.8 Å². The summed E-state index contributed by atoms with van der Waals surface area (Å²) in [6.07, 6.45) is 0. The average molecular weight is 300 g/mol. The summed E-state index contributed by atoms with van der Waals surface area (Å²) in [5.41, 5.74) is 2.52. The highest BCUT2D eigenvalue weighted by Gasteiger charge is 2.07. The van der Waals surface area contributed by atoms with E-state index in [0.717, 1.165) is 16.5 Å². The molecule has 2 aromatic rings. The molecule has 0 fully saturated rings. The van der Waals surface area contributed by atoms with Crippen molar-refractivity contribution >= 4 is 33.6 Å². The third-order valence-electron chi connectivity index (χ3n) is 2.25. The summed E-state index contributed by atoms with van der Waals surface area (Å²) >= 11 is 2.02. The summed E-state index contributed by atoms with van der Waals surface area (Å²) in [5.74, 6) is 0. The van der Waals surface area contributed by atoms with Crippen LogP contribution in [0.1, 0.15) is 11.1 Å². The number of rotatable bonds is 0. The molecule has 2 nitrogen and oxygen atoms in total. The highest BCUT2D eigenvalue weighted by atomic mass is 127. The first-order valence-corrected chi connectivity index (χ1v) is 5.37. The zero-order valence-corrected chi connectivity index (χ0v) is 10.1. The quantitative estimate of drug-likeness (QED) is 0.553. The lowest BCUT2D eigenvalue weighted by molar-refractivity contribution is 0.554. The molecule has 0 spiro atoms. The van der Waals surface area contributed by atoms with Gasteiger partial charge in [-0.05, 0) is 53.6 Å². The number of fused-ring (bicyclic) bond motifs is 1. The van der Waals surface area contributed by atoms with Crippen molar-refractivity contribution in [2.75, 3.05) is 0 Å². The minimum absolute atomic E-state index is 0.249. The lowest BCUT2D eigenvalue weighted by Gasteiger charge is -2.03. The van der Waals surface area contributed by atoms with Crippen LogP contribution in [-0.4, -0.2) is 0 Å². The Balaban J connectivity index is 2.98. The van der Waals surface area contributed by atoms with E-state index >= 15 is 0 Å². The first-order valence-electron chi connectivity index (χ1n) is 4.29. The summed E-state index contributed by atoms with van der Waals surface area (Å²) in [6.45, 7) is 3.92. The molecular weight excluding hydrogens is 291 g/mol. The van der Waals surface area contributed by atoms with Crippen molar-refractivity contribution in [1.82, 2.24) is 0 Å². The second kappa shape index (κ2) is 3.38. The van der Waals surface area contributed by atoms with E-state index in [1.807, 2.05) is 54.6 Å². The molecule has 0 saturated carbocycles. The van der Waals surface area contributed by atoms with Gasteiger partial charge in [-0.1, -0.05) is 12.1 Å². The smallest absolute Gasteiger partial charge is 0.350 e. The maximum absolute atomic E-state index is 11.4. The average Bonchev–Trinajstić information content (AvgIpc) is 2.14. The van der Waals surface area contributed by atoms with Crippen LogP contribution in [0.25, 0.3) is 11.0 Å². The minimum Gasteiger partial charge on any atom is -0.422 e. The molecule has 0 aliphatic heterocycles. The minimum atomic E-state index is -0.249. The predicted molar refractivity (Wildman–Crippen MR) is 64.7 cm³/mol. The Kier molecular flexibility index (Phi) is 2.34. The van der Waals surface area contributed by atoms with Crippen LogP contribution >= 0.6 is 22.6 Å². The van der Waals surface area contributed by atoms with Crippen LogP contribution in [0.2, 0.25) is 0 Å². The van der Waals surface area contributed by atoms with Crippen molar-refractivity contribution in [3.05, 3.63) is 43.3 Å². The molecule has 0 saturated heterocycles. The van der Waals surface area contributed by atoms with Crippen molar-refractivity contribution in [3.63, 3.8) is 0 Å². The summed E-state index contributed by atoms with van der Waals surface area (Å²) in [5, 5.41) is 1.01. The van der Waals surface area contributed by atoms with Gasteiger partial charge in [-0.15, -0.1) is 0 Å². The Bertz CT molecular complexity index is 555. The fourth-order valence-electron chi connectivity index (χ4n) is 1.44. The molecule has 2 rings (SSSR count). The molecule has 0 atom stereocenters. The zero-order valence-electron chi connectivity index (χ0n) is 7.93. The van der Waals surface area contributed by atoms with Crippen LogP contribution in [0.5, 0.6) is 0 Å². The lowest BCUT2D eigenvalue weighted by Crippen LogP contribution is -2.05. The molecule has 1 heterocycles. The first-order chi connectivity index (χ1) is 6.59. The van der Waals surface area contributed by atoms with Crippen molar-refractivity contribution < 1.29 is 4.42 Å². The van der Waals surface area contributed by atoms with Gasteiger partial charge in [0, 0.05) is 5.39 Å². The van der Waals surface area contributed by atoms with Gasteiger partial charge in [-0.2, -0.15) is 0 Å². The first kappa shape index (κ1) is 9.71. The Hall–Kier alpha value is -0.840. The van der Waals surface area contributed by atoms with Crippen LogP contribution in [-0.2, 0) is 0 Å². The molecule has 14 heavy (non-hydrogen) atoms. The van der Waals surface area contributed by atoms with Crippen LogP contribution in [0.15, 0.2) is 27.4 Å². The summed E-state index contributed by atoms with van der Waals surface area (Å²) in [4.78, 5) is 11.4. The van der Waals surface area contributed by atoms with Crippen LogP contribution in [0, 0.1) is 17.4 Å². The molecule has 0 amide bonds. The molecule has 72 valence electrons. The van der Waals surface area contributed by atoms with E-state index in [2.05, 4.69) is 0 Å². The van der Waals surface area contributed by atoms with Gasteiger partial charge in [0.15, 0.2) is 0 Å². The topological polar surface area (TPSA) is 30.2 Å². The molecule has 3 heteroatoms. The lowest BCUT2D eigenvalue weighted by atomic mass is 10.1. The second-order valence-electron chi connectivity index (χ2n) is 3.33. The molecule has 1 aromatic carbocycles. The van der Waals surface area contributed by atoms with E-state index in [0.29, 0.717) is 9.15 Å². The maximum atomic E-state index is 11.4. The monoisotopic (exact) mass is 300 g/mol.